The molecule has 116 valence electrons. The molecule has 2 aliphatic rings. The normalized spacial score (nSPS) is 28.2. The molecule has 0 radical (unpaired) electrons. The zero-order chi connectivity index (χ0) is 15.0. The second-order valence-electron chi connectivity index (χ2n) is 6.14. The fraction of sp³-hybridized carbons (Fsp3) is 0.625. The Morgan fingerprint density at radius 2 is 1.76 bits per heavy atom. The minimum absolute atomic E-state index is 0.114. The first kappa shape index (κ1) is 15.4. The van der Waals surface area contributed by atoms with Gasteiger partial charge in [0.05, 0.1) is 10.0 Å². The molecular weight excluding hydrogens is 310 g/mol. The number of halogens is 3. The van der Waals surface area contributed by atoms with Crippen LogP contribution in [-0.4, -0.2) is 24.7 Å². The van der Waals surface area contributed by atoms with Crippen molar-refractivity contribution in [3.05, 3.63) is 28.0 Å². The average molecular weight is 331 g/mol. The number of nitrogens with zero attached hydrogens (tertiary/aromatic N) is 1. The maximum atomic E-state index is 13.6. The van der Waals surface area contributed by atoms with E-state index in [9.17, 15) is 4.39 Å². The zero-order valence-corrected chi connectivity index (χ0v) is 13.7. The molecule has 0 aromatic heterocycles. The van der Waals surface area contributed by atoms with Gasteiger partial charge in [-0.25, -0.2) is 4.39 Å². The highest BCUT2D eigenvalue weighted by Gasteiger charge is 2.40. The second kappa shape index (κ2) is 6.31. The van der Waals surface area contributed by atoms with E-state index in [1.54, 1.807) is 12.1 Å². The van der Waals surface area contributed by atoms with Crippen molar-refractivity contribution in [2.45, 2.75) is 57.2 Å². The summed E-state index contributed by atoms with van der Waals surface area (Å²) in [5.74, 6) is -0.520. The zero-order valence-electron chi connectivity index (χ0n) is 12.2. The lowest BCUT2D eigenvalue weighted by Crippen LogP contribution is -2.49. The standard InChI is InChI=1S/C16H21Cl2FN2/c1-2-5-20-10-6-11-3-4-12(7-10)21(11)13-8-14(17)16(19)15(18)9-13/h8-12,20H,2-7H2,1H3. The first-order valence-electron chi connectivity index (χ1n) is 7.76. The molecule has 0 aliphatic carbocycles. The van der Waals surface area contributed by atoms with E-state index in [1.165, 1.54) is 19.3 Å². The first-order valence-corrected chi connectivity index (χ1v) is 8.52. The van der Waals surface area contributed by atoms with Gasteiger partial charge < -0.3 is 10.2 Å². The second-order valence-corrected chi connectivity index (χ2v) is 6.95. The minimum atomic E-state index is -0.520. The Kier molecular flexibility index (Phi) is 4.63. The summed E-state index contributed by atoms with van der Waals surface area (Å²) < 4.78 is 13.6. The number of hydrogen-bond donors (Lipinski definition) is 1. The average Bonchev–Trinajstić information content (AvgIpc) is 2.73. The monoisotopic (exact) mass is 330 g/mol. The lowest BCUT2D eigenvalue weighted by Gasteiger charge is -2.41. The van der Waals surface area contributed by atoms with Gasteiger partial charge in [0.2, 0.25) is 0 Å². The fourth-order valence-electron chi connectivity index (χ4n) is 3.80. The molecule has 2 fully saturated rings. The highest BCUT2D eigenvalue weighted by atomic mass is 35.5. The number of piperidine rings is 1. The summed E-state index contributed by atoms with van der Waals surface area (Å²) in [7, 11) is 0. The van der Waals surface area contributed by atoms with Gasteiger partial charge in [-0.05, 0) is 50.8 Å². The molecule has 5 heteroatoms. The summed E-state index contributed by atoms with van der Waals surface area (Å²) >= 11 is 11.9. The van der Waals surface area contributed by atoms with Crippen molar-refractivity contribution in [3.8, 4) is 0 Å². The maximum absolute atomic E-state index is 13.6. The van der Waals surface area contributed by atoms with E-state index in [0.29, 0.717) is 18.1 Å². The van der Waals surface area contributed by atoms with Crippen molar-refractivity contribution in [3.63, 3.8) is 0 Å². The van der Waals surface area contributed by atoms with E-state index in [2.05, 4.69) is 17.1 Å². The Hall–Kier alpha value is -0.510. The van der Waals surface area contributed by atoms with E-state index in [4.69, 9.17) is 23.2 Å². The number of rotatable bonds is 4. The topological polar surface area (TPSA) is 15.3 Å². The van der Waals surface area contributed by atoms with Crippen LogP contribution >= 0.6 is 23.2 Å². The van der Waals surface area contributed by atoms with Crippen molar-refractivity contribution in [2.24, 2.45) is 0 Å². The molecule has 0 saturated carbocycles. The Bertz CT molecular complexity index is 486. The smallest absolute Gasteiger partial charge is 0.160 e. The van der Waals surface area contributed by atoms with Crippen molar-refractivity contribution in [2.75, 3.05) is 11.4 Å². The third-order valence-corrected chi connectivity index (χ3v) is 5.23. The van der Waals surface area contributed by atoms with Crippen LogP contribution < -0.4 is 10.2 Å². The van der Waals surface area contributed by atoms with Gasteiger partial charge in [-0.1, -0.05) is 30.1 Å². The predicted octanol–water partition coefficient (Wildman–Crippen LogP) is 4.63. The van der Waals surface area contributed by atoms with Crippen LogP contribution in [-0.2, 0) is 0 Å². The van der Waals surface area contributed by atoms with Crippen LogP contribution in [0.4, 0.5) is 10.1 Å². The summed E-state index contributed by atoms with van der Waals surface area (Å²) in [6, 6.07) is 5.05. The van der Waals surface area contributed by atoms with Crippen LogP contribution in [0.1, 0.15) is 39.0 Å². The third-order valence-electron chi connectivity index (χ3n) is 4.68. The van der Waals surface area contributed by atoms with Crippen LogP contribution in [0.3, 0.4) is 0 Å². The molecule has 2 aliphatic heterocycles. The fourth-order valence-corrected chi connectivity index (χ4v) is 4.28. The molecule has 2 unspecified atom stereocenters. The summed E-state index contributed by atoms with van der Waals surface area (Å²) in [4.78, 5) is 2.40. The quantitative estimate of drug-likeness (QED) is 0.809. The molecule has 0 spiro atoms. The molecular formula is C16H21Cl2FN2. The van der Waals surface area contributed by atoms with Gasteiger partial charge in [-0.2, -0.15) is 0 Å². The molecule has 0 amide bonds. The Morgan fingerprint density at radius 3 is 2.29 bits per heavy atom. The molecule has 2 nitrogen and oxygen atoms in total. The van der Waals surface area contributed by atoms with Gasteiger partial charge in [-0.3, -0.25) is 0 Å². The van der Waals surface area contributed by atoms with Crippen LogP contribution in [0.15, 0.2) is 12.1 Å². The molecule has 2 heterocycles. The van der Waals surface area contributed by atoms with Gasteiger partial charge in [0, 0.05) is 23.8 Å². The SMILES string of the molecule is CCCNC1CC2CCC(C1)N2c1cc(Cl)c(F)c(Cl)c1. The first-order chi connectivity index (χ1) is 10.1. The number of nitrogens with one attached hydrogen (secondary N) is 1. The molecule has 1 N–H and O–H groups in total. The molecule has 2 bridgehead atoms. The van der Waals surface area contributed by atoms with Crippen molar-refractivity contribution >= 4 is 28.9 Å². The lowest BCUT2D eigenvalue weighted by atomic mass is 9.96. The Balaban J connectivity index is 1.79. The number of anilines is 1. The summed E-state index contributed by atoms with van der Waals surface area (Å²) in [5, 5.41) is 3.87. The van der Waals surface area contributed by atoms with Gasteiger partial charge in [0.25, 0.3) is 0 Å². The molecule has 3 rings (SSSR count). The van der Waals surface area contributed by atoms with Crippen LogP contribution in [0, 0.1) is 5.82 Å². The number of benzene rings is 1. The van der Waals surface area contributed by atoms with Gasteiger partial charge in [0.15, 0.2) is 5.82 Å². The molecule has 2 atom stereocenters. The molecule has 2 saturated heterocycles. The number of hydrogen-bond acceptors (Lipinski definition) is 2. The molecule has 21 heavy (non-hydrogen) atoms. The summed E-state index contributed by atoms with van der Waals surface area (Å²) in [5.41, 5.74) is 0.966. The van der Waals surface area contributed by atoms with Crippen LogP contribution in [0.25, 0.3) is 0 Å². The van der Waals surface area contributed by atoms with Crippen molar-refractivity contribution < 1.29 is 4.39 Å². The molecule has 1 aromatic carbocycles. The highest BCUT2D eigenvalue weighted by Crippen LogP contribution is 2.41. The van der Waals surface area contributed by atoms with E-state index in [1.807, 2.05) is 0 Å². The van der Waals surface area contributed by atoms with E-state index in [0.717, 1.165) is 25.1 Å². The Labute approximate surface area is 135 Å². The van der Waals surface area contributed by atoms with Crippen LogP contribution in [0.5, 0.6) is 0 Å². The summed E-state index contributed by atoms with van der Waals surface area (Å²) in [6.07, 6.45) is 5.84. The lowest BCUT2D eigenvalue weighted by molar-refractivity contribution is 0.356. The summed E-state index contributed by atoms with van der Waals surface area (Å²) in [6.45, 7) is 3.28. The van der Waals surface area contributed by atoms with E-state index in [-0.39, 0.29) is 10.0 Å². The van der Waals surface area contributed by atoms with Crippen molar-refractivity contribution in [1.29, 1.82) is 0 Å². The van der Waals surface area contributed by atoms with Crippen molar-refractivity contribution in [1.82, 2.24) is 5.32 Å². The molecule has 1 aromatic rings. The largest absolute Gasteiger partial charge is 0.365 e. The number of fused-ring (bicyclic) bond motifs is 2. The van der Waals surface area contributed by atoms with E-state index >= 15 is 0 Å². The third kappa shape index (κ3) is 3.01. The Morgan fingerprint density at radius 1 is 1.19 bits per heavy atom. The van der Waals surface area contributed by atoms with Crippen LogP contribution in [0.2, 0.25) is 10.0 Å². The highest BCUT2D eigenvalue weighted by molar-refractivity contribution is 6.35. The van der Waals surface area contributed by atoms with Gasteiger partial charge in [-0.15, -0.1) is 0 Å². The maximum Gasteiger partial charge on any atom is 0.160 e. The van der Waals surface area contributed by atoms with Gasteiger partial charge >= 0.3 is 0 Å². The van der Waals surface area contributed by atoms with E-state index < -0.39 is 5.82 Å². The van der Waals surface area contributed by atoms with Gasteiger partial charge in [0.1, 0.15) is 0 Å². The predicted molar refractivity (Wildman–Crippen MR) is 87.0 cm³/mol. The minimum Gasteiger partial charge on any atom is -0.365 e.